The van der Waals surface area contributed by atoms with Gasteiger partial charge in [0.2, 0.25) is 5.91 Å². The molecule has 2 aromatic rings. The van der Waals surface area contributed by atoms with Gasteiger partial charge in [0.05, 0.1) is 6.26 Å². The van der Waals surface area contributed by atoms with Crippen LogP contribution >= 0.6 is 0 Å². The number of rotatable bonds is 9. The van der Waals surface area contributed by atoms with Crippen LogP contribution in [0.3, 0.4) is 0 Å². The third-order valence-electron chi connectivity index (χ3n) is 3.28. The summed E-state index contributed by atoms with van der Waals surface area (Å²) < 4.78 is 10.0. The Morgan fingerprint density at radius 2 is 1.80 bits per heavy atom. The van der Waals surface area contributed by atoms with Crippen LogP contribution in [0.2, 0.25) is 0 Å². The minimum atomic E-state index is -0.497. The number of hydrogen-bond acceptors (Lipinski definition) is 5. The first kappa shape index (κ1) is 18.3. The highest BCUT2D eigenvalue weighted by Gasteiger charge is 2.09. The van der Waals surface area contributed by atoms with E-state index in [9.17, 15) is 14.4 Å². The van der Waals surface area contributed by atoms with Gasteiger partial charge in [0.25, 0.3) is 5.91 Å². The highest BCUT2D eigenvalue weighted by atomic mass is 16.5. The number of ether oxygens (including phenoxy) is 1. The monoisotopic (exact) mass is 344 g/mol. The first-order chi connectivity index (χ1) is 12.1. The molecule has 0 aliphatic rings. The van der Waals surface area contributed by atoms with Gasteiger partial charge in [-0.1, -0.05) is 30.3 Å². The maximum atomic E-state index is 11.6. The molecule has 2 rings (SSSR count). The van der Waals surface area contributed by atoms with E-state index in [0.29, 0.717) is 13.0 Å². The molecule has 0 saturated carbocycles. The average molecular weight is 344 g/mol. The number of carbonyl (C=O) groups is 3. The van der Waals surface area contributed by atoms with E-state index in [1.54, 1.807) is 12.1 Å². The summed E-state index contributed by atoms with van der Waals surface area (Å²) in [7, 11) is 0. The minimum absolute atomic E-state index is 0.175. The predicted molar refractivity (Wildman–Crippen MR) is 89.5 cm³/mol. The first-order valence-corrected chi connectivity index (χ1v) is 7.93. The molecule has 1 aromatic heterocycles. The second kappa shape index (κ2) is 9.92. The summed E-state index contributed by atoms with van der Waals surface area (Å²) in [5, 5.41) is 5.13. The van der Waals surface area contributed by atoms with E-state index in [1.807, 2.05) is 30.3 Å². The largest absolute Gasteiger partial charge is 0.460 e. The van der Waals surface area contributed by atoms with Crippen LogP contribution in [-0.4, -0.2) is 30.9 Å². The zero-order valence-corrected chi connectivity index (χ0v) is 13.7. The number of hydrogen-bond donors (Lipinski definition) is 2. The second-order valence-electron chi connectivity index (χ2n) is 5.26. The van der Waals surface area contributed by atoms with Crippen molar-refractivity contribution in [2.24, 2.45) is 0 Å². The molecule has 132 valence electrons. The summed E-state index contributed by atoms with van der Waals surface area (Å²) in [4.78, 5) is 34.8. The van der Waals surface area contributed by atoms with E-state index in [2.05, 4.69) is 10.6 Å². The maximum absolute atomic E-state index is 11.6. The van der Waals surface area contributed by atoms with E-state index in [1.165, 1.54) is 6.26 Å². The van der Waals surface area contributed by atoms with E-state index in [4.69, 9.17) is 9.15 Å². The zero-order chi connectivity index (χ0) is 17.9. The Morgan fingerprint density at radius 3 is 2.52 bits per heavy atom. The van der Waals surface area contributed by atoms with Gasteiger partial charge in [-0.2, -0.15) is 0 Å². The van der Waals surface area contributed by atoms with Crippen LogP contribution in [0.5, 0.6) is 0 Å². The summed E-state index contributed by atoms with van der Waals surface area (Å²) in [5.74, 6) is -0.868. The van der Waals surface area contributed by atoms with Crippen molar-refractivity contribution in [3.05, 3.63) is 60.1 Å². The van der Waals surface area contributed by atoms with Crippen molar-refractivity contribution in [3.8, 4) is 0 Å². The third-order valence-corrected chi connectivity index (χ3v) is 3.28. The Labute approximate surface area is 145 Å². The van der Waals surface area contributed by atoms with Crippen LogP contribution < -0.4 is 10.6 Å². The van der Waals surface area contributed by atoms with Crippen molar-refractivity contribution in [1.29, 1.82) is 0 Å². The summed E-state index contributed by atoms with van der Waals surface area (Å²) in [6.45, 7) is 0.337. The quantitative estimate of drug-likeness (QED) is 0.532. The molecule has 0 bridgehead atoms. The van der Waals surface area contributed by atoms with Crippen LogP contribution in [0.25, 0.3) is 0 Å². The van der Waals surface area contributed by atoms with Gasteiger partial charge in [-0.05, 0) is 24.1 Å². The molecule has 0 aliphatic heterocycles. The number of esters is 1. The Balaban J connectivity index is 1.53. The number of benzene rings is 1. The number of carbonyl (C=O) groups excluding carboxylic acids is 3. The minimum Gasteiger partial charge on any atom is -0.460 e. The lowest BCUT2D eigenvalue weighted by atomic mass is 10.2. The topological polar surface area (TPSA) is 97.6 Å². The smallest absolute Gasteiger partial charge is 0.325 e. The summed E-state index contributed by atoms with van der Waals surface area (Å²) in [5.41, 5.74) is 0.884. The summed E-state index contributed by atoms with van der Waals surface area (Å²) >= 11 is 0. The molecule has 1 aromatic carbocycles. The third kappa shape index (κ3) is 6.90. The van der Waals surface area contributed by atoms with Gasteiger partial charge in [-0.25, -0.2) is 0 Å². The van der Waals surface area contributed by atoms with Gasteiger partial charge in [0.1, 0.15) is 13.2 Å². The summed E-state index contributed by atoms with van der Waals surface area (Å²) in [6, 6.07) is 12.5. The highest BCUT2D eigenvalue weighted by Crippen LogP contribution is 2.01. The summed E-state index contributed by atoms with van der Waals surface area (Å²) in [6.07, 6.45) is 2.07. The normalized spacial score (nSPS) is 10.1. The van der Waals surface area contributed by atoms with Crippen molar-refractivity contribution < 1.29 is 23.5 Å². The molecule has 0 aliphatic carbocycles. The number of furan rings is 1. The molecule has 1 heterocycles. The molecule has 7 heteroatoms. The van der Waals surface area contributed by atoms with E-state index in [0.717, 1.165) is 5.56 Å². The highest BCUT2D eigenvalue weighted by molar-refractivity contribution is 5.91. The fourth-order valence-electron chi connectivity index (χ4n) is 1.99. The van der Waals surface area contributed by atoms with Crippen LogP contribution in [0.1, 0.15) is 29.0 Å². The molecule has 0 radical (unpaired) electrons. The molecule has 2 N–H and O–H groups in total. The number of nitrogens with one attached hydrogen (secondary N) is 2. The van der Waals surface area contributed by atoms with Crippen LogP contribution in [0.15, 0.2) is 53.1 Å². The molecule has 0 saturated heterocycles. The van der Waals surface area contributed by atoms with Crippen molar-refractivity contribution >= 4 is 17.8 Å². The number of amides is 2. The van der Waals surface area contributed by atoms with Crippen LogP contribution in [-0.2, 0) is 20.9 Å². The lowest BCUT2D eigenvalue weighted by molar-refractivity contribution is -0.145. The molecule has 2 amide bonds. The molecular weight excluding hydrogens is 324 g/mol. The predicted octanol–water partition coefficient (Wildman–Crippen LogP) is 1.65. The second-order valence-corrected chi connectivity index (χ2v) is 5.26. The van der Waals surface area contributed by atoms with Gasteiger partial charge in [-0.3, -0.25) is 14.4 Å². The Morgan fingerprint density at radius 1 is 1.00 bits per heavy atom. The molecule has 7 nitrogen and oxygen atoms in total. The molecule has 0 unspecified atom stereocenters. The zero-order valence-electron chi connectivity index (χ0n) is 13.7. The van der Waals surface area contributed by atoms with E-state index in [-0.39, 0.29) is 37.1 Å². The molecule has 0 fully saturated rings. The van der Waals surface area contributed by atoms with Gasteiger partial charge in [0.15, 0.2) is 5.76 Å². The molecular formula is C18H20N2O5. The Hall–Kier alpha value is -3.09. The van der Waals surface area contributed by atoms with Gasteiger partial charge >= 0.3 is 5.97 Å². The van der Waals surface area contributed by atoms with Crippen molar-refractivity contribution in [2.75, 3.05) is 13.1 Å². The van der Waals surface area contributed by atoms with Crippen LogP contribution in [0.4, 0.5) is 0 Å². The van der Waals surface area contributed by atoms with E-state index >= 15 is 0 Å². The first-order valence-electron chi connectivity index (χ1n) is 7.93. The molecule has 25 heavy (non-hydrogen) atoms. The van der Waals surface area contributed by atoms with Gasteiger partial charge in [0, 0.05) is 13.0 Å². The van der Waals surface area contributed by atoms with Crippen molar-refractivity contribution in [1.82, 2.24) is 10.6 Å². The fourth-order valence-corrected chi connectivity index (χ4v) is 1.99. The Bertz CT molecular complexity index is 683. The molecule has 0 atom stereocenters. The van der Waals surface area contributed by atoms with Crippen molar-refractivity contribution in [3.63, 3.8) is 0 Å². The lowest BCUT2D eigenvalue weighted by Crippen LogP contribution is -2.31. The fraction of sp³-hybridized carbons (Fsp3) is 0.278. The van der Waals surface area contributed by atoms with E-state index < -0.39 is 5.97 Å². The molecule has 0 spiro atoms. The van der Waals surface area contributed by atoms with Gasteiger partial charge < -0.3 is 19.8 Å². The standard InChI is InChI=1S/C18H20N2O5/c21-16(9-4-10-19-18(23)15-8-5-11-24-15)20-12-17(22)25-13-14-6-2-1-3-7-14/h1-3,5-8,11H,4,9-10,12-13H2,(H,19,23)(H,20,21). The van der Waals surface area contributed by atoms with Crippen molar-refractivity contribution in [2.45, 2.75) is 19.4 Å². The SMILES string of the molecule is O=C(CCCNC(=O)c1ccco1)NCC(=O)OCc1ccccc1. The van der Waals surface area contributed by atoms with Crippen LogP contribution in [0, 0.1) is 0 Å². The Kier molecular flexibility index (Phi) is 7.24. The van der Waals surface area contributed by atoms with Gasteiger partial charge in [-0.15, -0.1) is 0 Å². The maximum Gasteiger partial charge on any atom is 0.325 e. The lowest BCUT2D eigenvalue weighted by Gasteiger charge is -2.07. The average Bonchev–Trinajstić information content (AvgIpc) is 3.17.